The Bertz CT molecular complexity index is 328. The average molecular weight is 218 g/mol. The minimum absolute atomic E-state index is 0.349. The summed E-state index contributed by atoms with van der Waals surface area (Å²) >= 11 is 0. The molecule has 0 radical (unpaired) electrons. The maximum Gasteiger partial charge on any atom is 0.433 e. The van der Waals surface area contributed by atoms with Gasteiger partial charge in [-0.05, 0) is 30.5 Å². The van der Waals surface area contributed by atoms with Crippen molar-refractivity contribution in [1.82, 2.24) is 0 Å². The van der Waals surface area contributed by atoms with Crippen LogP contribution in [0.4, 0.5) is 8.39 Å². The molecule has 0 N–H and O–H groups in total. The molecule has 0 unspecified atom stereocenters. The Hall–Kier alpha value is -0.690. The van der Waals surface area contributed by atoms with Gasteiger partial charge in [-0.2, -0.15) is 0 Å². The second kappa shape index (κ2) is 4.70. The summed E-state index contributed by atoms with van der Waals surface area (Å²) in [5.74, 6) is 0. The molecule has 0 aromatic heterocycles. The van der Waals surface area contributed by atoms with Crippen LogP contribution < -0.4 is 5.30 Å². The molecule has 14 heavy (non-hydrogen) atoms. The largest absolute Gasteiger partial charge is 0.433 e. The molecule has 0 saturated heterocycles. The fraction of sp³-hybridized carbons (Fsp3) is 0.400. The zero-order valence-electron chi connectivity index (χ0n) is 8.04. The number of hydrogen-bond acceptors (Lipinski definition) is 1. The summed E-state index contributed by atoms with van der Waals surface area (Å²) in [6.45, 7) is 2.08. The van der Waals surface area contributed by atoms with Crippen molar-refractivity contribution in [1.29, 1.82) is 0 Å². The van der Waals surface area contributed by atoms with Crippen LogP contribution in [0.5, 0.6) is 0 Å². The predicted octanol–water partition coefficient (Wildman–Crippen LogP) is 3.79. The first-order valence-corrected chi connectivity index (χ1v) is 6.11. The van der Waals surface area contributed by atoms with E-state index < -0.39 is 7.76 Å². The monoisotopic (exact) mass is 218 g/mol. The third kappa shape index (κ3) is 3.22. The van der Waals surface area contributed by atoms with Gasteiger partial charge in [-0.1, -0.05) is 25.5 Å². The van der Waals surface area contributed by atoms with Crippen LogP contribution >= 0.6 is 7.76 Å². The van der Waals surface area contributed by atoms with Crippen LogP contribution in [0.2, 0.25) is 0 Å². The number of hydrogen-bond donors (Lipinski definition) is 0. The molecule has 0 atom stereocenters. The smallest absolute Gasteiger partial charge is 0.244 e. The van der Waals surface area contributed by atoms with Gasteiger partial charge in [0.1, 0.15) is 0 Å². The highest BCUT2D eigenvalue weighted by atomic mass is 31.2. The minimum atomic E-state index is -5.06. The molecule has 0 saturated carbocycles. The van der Waals surface area contributed by atoms with Crippen molar-refractivity contribution < 1.29 is 13.0 Å². The van der Waals surface area contributed by atoms with Crippen LogP contribution in [0.25, 0.3) is 0 Å². The lowest BCUT2D eigenvalue weighted by Gasteiger charge is -2.02. The van der Waals surface area contributed by atoms with Gasteiger partial charge in [0.15, 0.2) is 0 Å². The summed E-state index contributed by atoms with van der Waals surface area (Å²) in [5.41, 5.74) is 1.02. The van der Waals surface area contributed by atoms with Gasteiger partial charge >= 0.3 is 7.76 Å². The van der Waals surface area contributed by atoms with Crippen LogP contribution in [-0.2, 0) is 11.0 Å². The molecule has 0 spiro atoms. The number of rotatable bonds is 4. The molecule has 0 aliphatic heterocycles. The van der Waals surface area contributed by atoms with Gasteiger partial charge in [0.25, 0.3) is 0 Å². The average Bonchev–Trinajstić information content (AvgIpc) is 2.14. The molecule has 1 aromatic carbocycles. The summed E-state index contributed by atoms with van der Waals surface area (Å²) in [5, 5.41) is -0.349. The van der Waals surface area contributed by atoms with Crippen LogP contribution in [0.15, 0.2) is 24.3 Å². The second-order valence-electron chi connectivity index (χ2n) is 3.23. The van der Waals surface area contributed by atoms with E-state index in [2.05, 4.69) is 6.92 Å². The van der Waals surface area contributed by atoms with Crippen LogP contribution in [0, 0.1) is 0 Å². The van der Waals surface area contributed by atoms with Crippen molar-refractivity contribution in [3.63, 3.8) is 0 Å². The van der Waals surface area contributed by atoms with E-state index in [0.717, 1.165) is 24.8 Å². The van der Waals surface area contributed by atoms with Gasteiger partial charge < -0.3 is 0 Å². The molecule has 0 fully saturated rings. The van der Waals surface area contributed by atoms with E-state index in [9.17, 15) is 13.0 Å². The first kappa shape index (κ1) is 11.4. The van der Waals surface area contributed by atoms with E-state index in [-0.39, 0.29) is 5.30 Å². The Labute approximate surface area is 82.8 Å². The third-order valence-corrected chi connectivity index (χ3v) is 2.96. The molecule has 1 nitrogen and oxygen atoms in total. The zero-order valence-corrected chi connectivity index (χ0v) is 8.94. The normalized spacial score (nSPS) is 11.6. The van der Waals surface area contributed by atoms with Crippen molar-refractivity contribution in [2.75, 3.05) is 0 Å². The molecular formula is C10H13F2OP. The van der Waals surface area contributed by atoms with Gasteiger partial charge in [-0.15, -0.1) is 8.39 Å². The van der Waals surface area contributed by atoms with Crippen molar-refractivity contribution in [2.45, 2.75) is 26.2 Å². The Morgan fingerprint density at radius 2 is 1.79 bits per heavy atom. The van der Waals surface area contributed by atoms with Gasteiger partial charge in [0, 0.05) is 0 Å². The van der Waals surface area contributed by atoms with Gasteiger partial charge in [-0.25, -0.2) is 4.57 Å². The quantitative estimate of drug-likeness (QED) is 0.702. The number of halogens is 2. The van der Waals surface area contributed by atoms with E-state index in [1.54, 1.807) is 12.1 Å². The fourth-order valence-electron chi connectivity index (χ4n) is 1.22. The molecule has 78 valence electrons. The van der Waals surface area contributed by atoms with Crippen molar-refractivity contribution in [3.8, 4) is 0 Å². The molecule has 1 aromatic rings. The number of benzene rings is 1. The van der Waals surface area contributed by atoms with Crippen molar-refractivity contribution in [3.05, 3.63) is 29.8 Å². The first-order chi connectivity index (χ1) is 6.54. The van der Waals surface area contributed by atoms with Crippen LogP contribution in [-0.4, -0.2) is 0 Å². The van der Waals surface area contributed by atoms with Gasteiger partial charge in [-0.3, -0.25) is 0 Å². The Balaban J connectivity index is 2.74. The van der Waals surface area contributed by atoms with Crippen LogP contribution in [0.3, 0.4) is 0 Å². The topological polar surface area (TPSA) is 17.1 Å². The number of unbranched alkanes of at least 4 members (excludes halogenated alkanes) is 1. The predicted molar refractivity (Wildman–Crippen MR) is 54.5 cm³/mol. The lowest BCUT2D eigenvalue weighted by molar-refractivity contribution is 0.507. The summed E-state index contributed by atoms with van der Waals surface area (Å²) < 4.78 is 35.2. The Kier molecular flexibility index (Phi) is 3.82. The Morgan fingerprint density at radius 3 is 2.21 bits per heavy atom. The van der Waals surface area contributed by atoms with E-state index in [4.69, 9.17) is 0 Å². The van der Waals surface area contributed by atoms with Gasteiger partial charge in [0.05, 0.1) is 5.30 Å². The molecule has 0 amide bonds. The lowest BCUT2D eigenvalue weighted by Crippen LogP contribution is -1.98. The third-order valence-electron chi connectivity index (χ3n) is 2.06. The maximum absolute atomic E-state index is 12.4. The first-order valence-electron chi connectivity index (χ1n) is 4.63. The highest BCUT2D eigenvalue weighted by molar-refractivity contribution is 7.61. The molecule has 0 heterocycles. The van der Waals surface area contributed by atoms with E-state index in [1.165, 1.54) is 12.1 Å². The number of aryl methyl sites for hydroxylation is 1. The SMILES string of the molecule is CCCCc1ccc(P(=O)(F)F)cc1. The van der Waals surface area contributed by atoms with Crippen molar-refractivity contribution in [2.24, 2.45) is 0 Å². The molecule has 0 aliphatic carbocycles. The minimum Gasteiger partial charge on any atom is -0.244 e. The molecule has 0 bridgehead atoms. The summed E-state index contributed by atoms with van der Waals surface area (Å²) in [6.07, 6.45) is 3.01. The van der Waals surface area contributed by atoms with Gasteiger partial charge in [0.2, 0.25) is 0 Å². The molecule has 0 aliphatic rings. The fourth-order valence-corrected chi connectivity index (χ4v) is 1.71. The van der Waals surface area contributed by atoms with E-state index >= 15 is 0 Å². The molecule has 4 heteroatoms. The summed E-state index contributed by atoms with van der Waals surface area (Å²) in [6, 6.07) is 5.76. The zero-order chi connectivity index (χ0) is 10.6. The van der Waals surface area contributed by atoms with Crippen molar-refractivity contribution >= 4 is 13.1 Å². The van der Waals surface area contributed by atoms with E-state index in [0.29, 0.717) is 0 Å². The molecule has 1 rings (SSSR count). The molecular weight excluding hydrogens is 205 g/mol. The summed E-state index contributed by atoms with van der Waals surface area (Å²) in [7, 11) is -5.06. The highest BCUT2D eigenvalue weighted by Gasteiger charge is 2.21. The lowest BCUT2D eigenvalue weighted by atomic mass is 10.1. The highest BCUT2D eigenvalue weighted by Crippen LogP contribution is 2.47. The summed E-state index contributed by atoms with van der Waals surface area (Å²) in [4.78, 5) is 0. The standard InChI is InChI=1S/C10H13F2OP/c1-2-3-4-9-5-7-10(8-6-9)14(11,12)13/h5-8H,2-4H2,1H3. The second-order valence-corrected chi connectivity index (χ2v) is 4.67. The van der Waals surface area contributed by atoms with E-state index in [1.807, 2.05) is 0 Å². The Morgan fingerprint density at radius 1 is 1.21 bits per heavy atom. The maximum atomic E-state index is 12.4. The van der Waals surface area contributed by atoms with Crippen LogP contribution in [0.1, 0.15) is 25.3 Å².